The first-order chi connectivity index (χ1) is 11.1. The molecule has 0 saturated heterocycles. The van der Waals surface area contributed by atoms with Gasteiger partial charge < -0.3 is 10.4 Å². The molecule has 23 heavy (non-hydrogen) atoms. The van der Waals surface area contributed by atoms with Crippen molar-refractivity contribution in [3.05, 3.63) is 48.0 Å². The van der Waals surface area contributed by atoms with Crippen LogP contribution in [-0.2, 0) is 4.79 Å². The molecule has 2 aromatic rings. The van der Waals surface area contributed by atoms with Gasteiger partial charge in [-0.05, 0) is 36.7 Å². The SMILES string of the molecule is CCN(CCO)C(C)C(=O)NC(C)c1cccc2ccccc12. The molecule has 1 amide bonds. The molecular formula is C19H26N2O2. The molecule has 124 valence electrons. The number of amides is 1. The van der Waals surface area contributed by atoms with Gasteiger partial charge in [0, 0.05) is 6.54 Å². The summed E-state index contributed by atoms with van der Waals surface area (Å²) in [4.78, 5) is 14.5. The van der Waals surface area contributed by atoms with Crippen LogP contribution in [-0.4, -0.2) is 41.7 Å². The van der Waals surface area contributed by atoms with Crippen molar-refractivity contribution in [2.45, 2.75) is 32.9 Å². The highest BCUT2D eigenvalue weighted by atomic mass is 16.3. The summed E-state index contributed by atoms with van der Waals surface area (Å²) in [5.41, 5.74) is 1.12. The van der Waals surface area contributed by atoms with E-state index in [2.05, 4.69) is 29.6 Å². The molecule has 0 radical (unpaired) electrons. The van der Waals surface area contributed by atoms with Crippen LogP contribution in [0.1, 0.15) is 32.4 Å². The van der Waals surface area contributed by atoms with Crippen LogP contribution in [0.3, 0.4) is 0 Å². The summed E-state index contributed by atoms with van der Waals surface area (Å²) in [7, 11) is 0. The number of hydrogen-bond donors (Lipinski definition) is 2. The lowest BCUT2D eigenvalue weighted by molar-refractivity contribution is -0.126. The molecule has 0 bridgehead atoms. The summed E-state index contributed by atoms with van der Waals surface area (Å²) in [6, 6.07) is 14.0. The van der Waals surface area contributed by atoms with Gasteiger partial charge in [0.25, 0.3) is 0 Å². The predicted molar refractivity (Wildman–Crippen MR) is 94.3 cm³/mol. The molecule has 4 nitrogen and oxygen atoms in total. The van der Waals surface area contributed by atoms with E-state index in [1.54, 1.807) is 0 Å². The Morgan fingerprint density at radius 2 is 1.87 bits per heavy atom. The quantitative estimate of drug-likeness (QED) is 0.826. The number of likely N-dealkylation sites (N-methyl/N-ethyl adjacent to an activating group) is 1. The van der Waals surface area contributed by atoms with E-state index in [0.717, 1.165) is 17.5 Å². The lowest BCUT2D eigenvalue weighted by atomic mass is 9.99. The summed E-state index contributed by atoms with van der Waals surface area (Å²) in [6.45, 7) is 7.18. The monoisotopic (exact) mass is 314 g/mol. The van der Waals surface area contributed by atoms with Gasteiger partial charge in [0.2, 0.25) is 5.91 Å². The Kier molecular flexibility index (Phi) is 6.13. The minimum Gasteiger partial charge on any atom is -0.395 e. The maximum atomic E-state index is 12.5. The Bertz CT molecular complexity index is 651. The summed E-state index contributed by atoms with van der Waals surface area (Å²) in [6.07, 6.45) is 0. The molecule has 0 aromatic heterocycles. The van der Waals surface area contributed by atoms with Gasteiger partial charge >= 0.3 is 0 Å². The van der Waals surface area contributed by atoms with E-state index < -0.39 is 0 Å². The maximum Gasteiger partial charge on any atom is 0.237 e. The van der Waals surface area contributed by atoms with Crippen molar-refractivity contribution in [1.82, 2.24) is 10.2 Å². The zero-order valence-corrected chi connectivity index (χ0v) is 14.1. The molecule has 0 spiro atoms. The molecule has 4 heteroatoms. The molecule has 2 atom stereocenters. The number of nitrogens with one attached hydrogen (secondary N) is 1. The first kappa shape index (κ1) is 17.4. The van der Waals surface area contributed by atoms with Crippen molar-refractivity contribution >= 4 is 16.7 Å². The molecular weight excluding hydrogens is 288 g/mol. The average molecular weight is 314 g/mol. The highest BCUT2D eigenvalue weighted by Gasteiger charge is 2.21. The number of benzene rings is 2. The summed E-state index contributed by atoms with van der Waals surface area (Å²) in [5, 5.41) is 14.5. The van der Waals surface area contributed by atoms with E-state index >= 15 is 0 Å². The minimum absolute atomic E-state index is 0.0132. The first-order valence-electron chi connectivity index (χ1n) is 8.21. The minimum atomic E-state index is -0.260. The van der Waals surface area contributed by atoms with Crippen molar-refractivity contribution in [3.63, 3.8) is 0 Å². The third-order valence-corrected chi connectivity index (χ3v) is 4.37. The fraction of sp³-hybridized carbons (Fsp3) is 0.421. The number of fused-ring (bicyclic) bond motifs is 1. The Morgan fingerprint density at radius 3 is 2.57 bits per heavy atom. The Balaban J connectivity index is 2.14. The van der Waals surface area contributed by atoms with Crippen molar-refractivity contribution in [3.8, 4) is 0 Å². The van der Waals surface area contributed by atoms with Gasteiger partial charge in [-0.15, -0.1) is 0 Å². The number of nitrogens with zero attached hydrogens (tertiary/aromatic N) is 1. The van der Waals surface area contributed by atoms with Gasteiger partial charge in [-0.2, -0.15) is 0 Å². The number of aliphatic hydroxyl groups is 1. The van der Waals surface area contributed by atoms with Gasteiger partial charge in [-0.25, -0.2) is 0 Å². The molecule has 2 aromatic carbocycles. The highest BCUT2D eigenvalue weighted by Crippen LogP contribution is 2.24. The molecule has 0 fully saturated rings. The zero-order valence-electron chi connectivity index (χ0n) is 14.1. The first-order valence-corrected chi connectivity index (χ1v) is 8.21. The normalized spacial score (nSPS) is 14.0. The van der Waals surface area contributed by atoms with Gasteiger partial charge in [-0.3, -0.25) is 9.69 Å². The van der Waals surface area contributed by atoms with Crippen molar-refractivity contribution in [2.75, 3.05) is 19.7 Å². The predicted octanol–water partition coefficient (Wildman–Crippen LogP) is 2.72. The smallest absolute Gasteiger partial charge is 0.237 e. The standard InChI is InChI=1S/C19H26N2O2/c1-4-21(12-13-22)15(3)19(23)20-14(2)17-11-7-9-16-8-5-6-10-18(16)17/h5-11,14-15,22H,4,12-13H2,1-3H3,(H,20,23). The van der Waals surface area contributed by atoms with E-state index in [9.17, 15) is 4.79 Å². The molecule has 0 aliphatic rings. The Labute approximate surface area is 138 Å². The molecule has 2 N–H and O–H groups in total. The number of carbonyl (C=O) groups is 1. The van der Waals surface area contributed by atoms with E-state index in [4.69, 9.17) is 5.11 Å². The lowest BCUT2D eigenvalue weighted by Crippen LogP contribution is -2.46. The second kappa shape index (κ2) is 8.09. The summed E-state index contributed by atoms with van der Waals surface area (Å²) in [5.74, 6) is -0.0132. The highest BCUT2D eigenvalue weighted by molar-refractivity contribution is 5.87. The average Bonchev–Trinajstić information content (AvgIpc) is 2.58. The van der Waals surface area contributed by atoms with Crippen LogP contribution in [0, 0.1) is 0 Å². The molecule has 2 rings (SSSR count). The number of carbonyl (C=O) groups excluding carboxylic acids is 1. The number of hydrogen-bond acceptors (Lipinski definition) is 3. The Morgan fingerprint density at radius 1 is 1.17 bits per heavy atom. The maximum absolute atomic E-state index is 12.5. The van der Waals surface area contributed by atoms with Crippen molar-refractivity contribution in [2.24, 2.45) is 0 Å². The van der Waals surface area contributed by atoms with Crippen LogP contribution in [0.15, 0.2) is 42.5 Å². The van der Waals surface area contributed by atoms with E-state index in [1.807, 2.05) is 43.9 Å². The molecule has 2 unspecified atom stereocenters. The van der Waals surface area contributed by atoms with Crippen LogP contribution < -0.4 is 5.32 Å². The van der Waals surface area contributed by atoms with Crippen LogP contribution in [0.5, 0.6) is 0 Å². The molecule has 0 aliphatic heterocycles. The van der Waals surface area contributed by atoms with Crippen LogP contribution >= 0.6 is 0 Å². The summed E-state index contributed by atoms with van der Waals surface area (Å²) >= 11 is 0. The van der Waals surface area contributed by atoms with Crippen molar-refractivity contribution in [1.29, 1.82) is 0 Å². The molecule has 0 heterocycles. The topological polar surface area (TPSA) is 52.6 Å². The van der Waals surface area contributed by atoms with E-state index in [-0.39, 0.29) is 24.6 Å². The Hall–Kier alpha value is -1.91. The second-order valence-corrected chi connectivity index (χ2v) is 5.83. The van der Waals surface area contributed by atoms with Crippen LogP contribution in [0.2, 0.25) is 0 Å². The number of rotatable bonds is 7. The van der Waals surface area contributed by atoms with Gasteiger partial charge in [0.15, 0.2) is 0 Å². The molecule has 0 aliphatic carbocycles. The van der Waals surface area contributed by atoms with E-state index in [0.29, 0.717) is 6.54 Å². The summed E-state index contributed by atoms with van der Waals surface area (Å²) < 4.78 is 0. The fourth-order valence-electron chi connectivity index (χ4n) is 2.96. The largest absolute Gasteiger partial charge is 0.395 e. The van der Waals surface area contributed by atoms with Crippen molar-refractivity contribution < 1.29 is 9.90 Å². The van der Waals surface area contributed by atoms with Gasteiger partial charge in [0.05, 0.1) is 18.7 Å². The van der Waals surface area contributed by atoms with E-state index in [1.165, 1.54) is 5.39 Å². The van der Waals surface area contributed by atoms with Gasteiger partial charge in [0.1, 0.15) is 0 Å². The third-order valence-electron chi connectivity index (χ3n) is 4.37. The fourth-order valence-corrected chi connectivity index (χ4v) is 2.96. The second-order valence-electron chi connectivity index (χ2n) is 5.83. The molecule has 0 saturated carbocycles. The lowest BCUT2D eigenvalue weighted by Gasteiger charge is -2.27. The third kappa shape index (κ3) is 4.09. The zero-order chi connectivity index (χ0) is 16.8. The van der Waals surface area contributed by atoms with Crippen LogP contribution in [0.25, 0.3) is 10.8 Å². The van der Waals surface area contributed by atoms with Crippen LogP contribution in [0.4, 0.5) is 0 Å². The number of aliphatic hydroxyl groups excluding tert-OH is 1. The van der Waals surface area contributed by atoms with Gasteiger partial charge in [-0.1, -0.05) is 49.4 Å².